The monoisotopic (exact) mass is 350 g/mol. The van der Waals surface area contributed by atoms with Crippen molar-refractivity contribution in [3.63, 3.8) is 0 Å². The molecule has 1 aromatic carbocycles. The smallest absolute Gasteiger partial charge is 0.328 e. The van der Waals surface area contributed by atoms with Crippen LogP contribution in [0, 0.1) is 0 Å². The number of fused-ring (bicyclic) bond motifs is 1. The number of para-hydroxylation sites is 1. The van der Waals surface area contributed by atoms with Crippen LogP contribution in [0.5, 0.6) is 0 Å². The van der Waals surface area contributed by atoms with E-state index in [4.69, 9.17) is 0 Å². The van der Waals surface area contributed by atoms with Gasteiger partial charge in [0.25, 0.3) is 0 Å². The number of aromatic nitrogens is 1. The number of allylic oxidation sites excluding steroid dienone is 4. The van der Waals surface area contributed by atoms with Crippen molar-refractivity contribution in [1.29, 1.82) is 0 Å². The van der Waals surface area contributed by atoms with E-state index in [2.05, 4.69) is 31.2 Å². The van der Waals surface area contributed by atoms with Crippen LogP contribution in [0.2, 0.25) is 0 Å². The molecule has 0 saturated heterocycles. The Hall–Kier alpha value is -2.29. The normalized spacial score (nSPS) is 15.2. The first kappa shape index (κ1) is 18.5. The van der Waals surface area contributed by atoms with Gasteiger partial charge in [0.05, 0.1) is 11.2 Å². The Morgan fingerprint density at radius 1 is 1.23 bits per heavy atom. The lowest BCUT2D eigenvalue weighted by Crippen LogP contribution is -2.28. The first-order chi connectivity index (χ1) is 12.6. The maximum Gasteiger partial charge on any atom is 0.328 e. The molecular weight excluding hydrogens is 320 g/mol. The average molecular weight is 351 g/mol. The van der Waals surface area contributed by atoms with Gasteiger partial charge in [-0.2, -0.15) is 0 Å². The summed E-state index contributed by atoms with van der Waals surface area (Å²) >= 11 is 0. The van der Waals surface area contributed by atoms with Gasteiger partial charge in [0.1, 0.15) is 0 Å². The van der Waals surface area contributed by atoms with Crippen molar-refractivity contribution in [2.75, 3.05) is 14.1 Å². The molecule has 0 aliphatic heterocycles. The predicted molar refractivity (Wildman–Crippen MR) is 110 cm³/mol. The molecule has 1 aromatic heterocycles. The number of carbonyl (C=O) groups is 1. The fraction of sp³-hybridized carbons (Fsp3) is 0.435. The molecule has 0 unspecified atom stereocenters. The first-order valence-electron chi connectivity index (χ1n) is 9.84. The van der Waals surface area contributed by atoms with E-state index < -0.39 is 0 Å². The van der Waals surface area contributed by atoms with Crippen LogP contribution in [0.15, 0.2) is 48.1 Å². The van der Waals surface area contributed by atoms with E-state index in [9.17, 15) is 4.79 Å². The molecule has 3 rings (SSSR count). The van der Waals surface area contributed by atoms with Crippen LogP contribution in [0.25, 0.3) is 16.5 Å². The van der Waals surface area contributed by atoms with Gasteiger partial charge >= 0.3 is 6.03 Å². The Balaban J connectivity index is 2.14. The number of hydrogen-bond acceptors (Lipinski definition) is 1. The summed E-state index contributed by atoms with van der Waals surface area (Å²) in [6, 6.07) is 10.4. The highest BCUT2D eigenvalue weighted by atomic mass is 16.2. The van der Waals surface area contributed by atoms with Crippen LogP contribution >= 0.6 is 0 Å². The van der Waals surface area contributed by atoms with Gasteiger partial charge in [0.15, 0.2) is 0 Å². The third-order valence-corrected chi connectivity index (χ3v) is 5.10. The third kappa shape index (κ3) is 3.92. The van der Waals surface area contributed by atoms with Gasteiger partial charge in [-0.25, -0.2) is 4.79 Å². The number of nitrogens with zero attached hydrogens (tertiary/aromatic N) is 2. The van der Waals surface area contributed by atoms with Crippen molar-refractivity contribution in [3.8, 4) is 0 Å². The lowest BCUT2D eigenvalue weighted by atomic mass is 9.95. The summed E-state index contributed by atoms with van der Waals surface area (Å²) in [4.78, 5) is 14.6. The number of hydrogen-bond donors (Lipinski definition) is 0. The zero-order valence-corrected chi connectivity index (χ0v) is 16.3. The Labute approximate surface area is 157 Å². The van der Waals surface area contributed by atoms with Crippen molar-refractivity contribution in [1.82, 2.24) is 9.47 Å². The summed E-state index contributed by atoms with van der Waals surface area (Å²) in [7, 11) is 3.64. The Kier molecular flexibility index (Phi) is 5.97. The minimum Gasteiger partial charge on any atom is -0.330 e. The molecule has 0 bridgehead atoms. The van der Waals surface area contributed by atoms with Crippen LogP contribution in [0.1, 0.15) is 57.6 Å². The fourth-order valence-corrected chi connectivity index (χ4v) is 3.66. The zero-order valence-electron chi connectivity index (χ0n) is 16.3. The Morgan fingerprint density at radius 3 is 2.73 bits per heavy atom. The molecule has 0 N–H and O–H groups in total. The maximum atomic E-state index is 13.0. The van der Waals surface area contributed by atoms with Gasteiger partial charge in [0.2, 0.25) is 0 Å². The molecule has 138 valence electrons. The molecule has 3 heteroatoms. The molecule has 3 nitrogen and oxygen atoms in total. The van der Waals surface area contributed by atoms with Crippen molar-refractivity contribution >= 4 is 22.5 Å². The number of unbranched alkanes of at least 4 members (excludes halogenated alkanes) is 1. The molecule has 0 saturated carbocycles. The summed E-state index contributed by atoms with van der Waals surface area (Å²) in [5, 5.41) is 1.12. The highest BCUT2D eigenvalue weighted by Crippen LogP contribution is 2.31. The largest absolute Gasteiger partial charge is 0.330 e. The van der Waals surface area contributed by atoms with Gasteiger partial charge in [-0.3, -0.25) is 4.57 Å². The highest BCUT2D eigenvalue weighted by Gasteiger charge is 2.19. The highest BCUT2D eigenvalue weighted by molar-refractivity contribution is 5.96. The second-order valence-corrected chi connectivity index (χ2v) is 7.40. The molecule has 1 aliphatic carbocycles. The summed E-state index contributed by atoms with van der Waals surface area (Å²) in [5.74, 6) is 0. The van der Waals surface area contributed by atoms with E-state index in [0.29, 0.717) is 0 Å². The zero-order chi connectivity index (χ0) is 18.5. The summed E-state index contributed by atoms with van der Waals surface area (Å²) in [6.07, 6.45) is 12.9. The number of carbonyl (C=O) groups excluding carboxylic acids is 1. The summed E-state index contributed by atoms with van der Waals surface area (Å²) in [6.45, 7) is 2.22. The first-order valence-corrected chi connectivity index (χ1v) is 9.84. The molecule has 1 aliphatic rings. The molecule has 0 spiro atoms. The van der Waals surface area contributed by atoms with E-state index in [0.717, 1.165) is 42.3 Å². The third-order valence-electron chi connectivity index (χ3n) is 5.10. The second-order valence-electron chi connectivity index (χ2n) is 7.40. The van der Waals surface area contributed by atoms with E-state index in [1.165, 1.54) is 30.4 Å². The van der Waals surface area contributed by atoms with Gasteiger partial charge < -0.3 is 4.90 Å². The quantitative estimate of drug-likeness (QED) is 0.626. The van der Waals surface area contributed by atoms with Gasteiger partial charge in [-0.1, -0.05) is 49.3 Å². The van der Waals surface area contributed by atoms with Gasteiger partial charge in [-0.15, -0.1) is 0 Å². The summed E-state index contributed by atoms with van der Waals surface area (Å²) < 4.78 is 1.89. The standard InChI is InChI=1S/C23H30N2O/c1-4-5-13-19(16-18-11-7-6-8-12-18)22-17-20-14-9-10-15-21(20)25(22)23(26)24(2)3/h9-11,14-17H,4-8,12-13H2,1-3H3/b19-16+. The molecule has 0 atom stereocenters. The topological polar surface area (TPSA) is 25.2 Å². The van der Waals surface area contributed by atoms with Crippen molar-refractivity contribution in [3.05, 3.63) is 53.8 Å². The van der Waals surface area contributed by atoms with Crippen LogP contribution in [0.4, 0.5) is 4.79 Å². The van der Waals surface area contributed by atoms with E-state index in [-0.39, 0.29) is 6.03 Å². The number of rotatable bonds is 5. The van der Waals surface area contributed by atoms with Crippen LogP contribution < -0.4 is 0 Å². The minimum absolute atomic E-state index is 0.0150. The molecule has 0 fully saturated rings. The minimum atomic E-state index is 0.0150. The molecule has 1 amide bonds. The number of benzene rings is 1. The predicted octanol–water partition coefficient (Wildman–Crippen LogP) is 6.25. The molecular formula is C23H30N2O. The van der Waals surface area contributed by atoms with Crippen LogP contribution in [0.3, 0.4) is 0 Å². The Bertz CT molecular complexity index is 839. The maximum absolute atomic E-state index is 13.0. The van der Waals surface area contributed by atoms with Crippen molar-refractivity contribution < 1.29 is 4.79 Å². The lowest BCUT2D eigenvalue weighted by molar-refractivity contribution is 0.220. The van der Waals surface area contributed by atoms with Crippen LogP contribution in [-0.2, 0) is 0 Å². The summed E-state index contributed by atoms with van der Waals surface area (Å²) in [5.41, 5.74) is 4.74. The second kappa shape index (κ2) is 8.39. The molecule has 1 heterocycles. The lowest BCUT2D eigenvalue weighted by Gasteiger charge is -2.18. The van der Waals surface area contributed by atoms with Crippen molar-refractivity contribution in [2.24, 2.45) is 0 Å². The van der Waals surface area contributed by atoms with E-state index >= 15 is 0 Å². The fourth-order valence-electron chi connectivity index (χ4n) is 3.66. The van der Waals surface area contributed by atoms with E-state index in [1.54, 1.807) is 4.90 Å². The molecule has 2 aromatic rings. The average Bonchev–Trinajstić information content (AvgIpc) is 3.04. The Morgan fingerprint density at radius 2 is 2.04 bits per heavy atom. The molecule has 26 heavy (non-hydrogen) atoms. The SMILES string of the molecule is CCCC/C(=C\C1=CCCCC1)c1cc2ccccc2n1C(=O)N(C)C. The molecule has 0 radical (unpaired) electrons. The van der Waals surface area contributed by atoms with Crippen molar-refractivity contribution in [2.45, 2.75) is 51.9 Å². The number of amides is 1. The van der Waals surface area contributed by atoms with Gasteiger partial charge in [-0.05, 0) is 56.2 Å². The van der Waals surface area contributed by atoms with E-state index in [1.807, 2.05) is 36.9 Å². The van der Waals surface area contributed by atoms with Gasteiger partial charge in [0, 0.05) is 19.5 Å². The van der Waals surface area contributed by atoms with Crippen LogP contribution in [-0.4, -0.2) is 29.6 Å².